The SMILES string of the molecule is COc1cc([C@H]2[C@H]3C(=O)N(C4=C(C(C)=O)[C@H]5CC[C@H](C(C)(C)C)C[C@H]5S4)C(=O)[C@H]3ON2c2ccccc2)c([N+](=O)[O-])cc1OC. The lowest BCUT2D eigenvalue weighted by Crippen LogP contribution is -2.37. The molecule has 11 nitrogen and oxygen atoms in total. The Morgan fingerprint density at radius 1 is 1.04 bits per heavy atom. The maximum atomic E-state index is 14.5. The lowest BCUT2D eigenvalue weighted by molar-refractivity contribution is -0.385. The van der Waals surface area contributed by atoms with Gasteiger partial charge in [0.1, 0.15) is 12.0 Å². The number of amides is 2. The van der Waals surface area contributed by atoms with E-state index in [0.717, 1.165) is 24.2 Å². The van der Waals surface area contributed by atoms with Gasteiger partial charge in [-0.05, 0) is 55.7 Å². The number of nitro benzene ring substituents is 1. The van der Waals surface area contributed by atoms with Crippen LogP contribution in [0.25, 0.3) is 0 Å². The van der Waals surface area contributed by atoms with Crippen LogP contribution in [0.5, 0.6) is 11.5 Å². The van der Waals surface area contributed by atoms with Crippen molar-refractivity contribution in [2.75, 3.05) is 19.3 Å². The summed E-state index contributed by atoms with van der Waals surface area (Å²) >= 11 is 1.44. The summed E-state index contributed by atoms with van der Waals surface area (Å²) in [4.78, 5) is 61.1. The van der Waals surface area contributed by atoms with E-state index in [2.05, 4.69) is 20.8 Å². The third-order valence-corrected chi connectivity index (χ3v) is 11.1. The van der Waals surface area contributed by atoms with Crippen molar-refractivity contribution in [3.05, 3.63) is 68.7 Å². The van der Waals surface area contributed by atoms with E-state index < -0.39 is 34.8 Å². The van der Waals surface area contributed by atoms with Crippen molar-refractivity contribution in [3.63, 3.8) is 0 Å². The lowest BCUT2D eigenvalue weighted by atomic mass is 9.68. The molecule has 3 heterocycles. The van der Waals surface area contributed by atoms with Gasteiger partial charge in [-0.1, -0.05) is 39.0 Å². The highest BCUT2D eigenvalue weighted by Gasteiger charge is 2.63. The Kier molecular flexibility index (Phi) is 7.93. The maximum absolute atomic E-state index is 14.5. The number of methoxy groups -OCH3 is 2. The number of hydrogen-bond donors (Lipinski definition) is 0. The first-order valence-electron chi connectivity index (χ1n) is 15.1. The number of likely N-dealkylation sites (tertiary alicyclic amines) is 1. The highest BCUT2D eigenvalue weighted by molar-refractivity contribution is 8.04. The van der Waals surface area contributed by atoms with Gasteiger partial charge in [0.2, 0.25) is 5.91 Å². The molecule has 1 saturated carbocycles. The van der Waals surface area contributed by atoms with Crippen molar-refractivity contribution < 1.29 is 33.6 Å². The molecule has 0 N–H and O–H groups in total. The Labute approximate surface area is 266 Å². The number of nitro groups is 1. The fraction of sp³-hybridized carbons (Fsp3) is 0.485. The summed E-state index contributed by atoms with van der Waals surface area (Å²) in [5, 5.41) is 14.3. The number of thioether (sulfide) groups is 1. The van der Waals surface area contributed by atoms with Crippen LogP contribution in [0, 0.1) is 33.3 Å². The number of carbonyl (C=O) groups excluding carboxylic acids is 3. The Balaban J connectivity index is 1.45. The first kappa shape index (κ1) is 31.1. The number of imide groups is 1. The molecule has 4 aliphatic rings. The molecule has 0 radical (unpaired) electrons. The molecule has 2 amide bonds. The molecule has 3 fully saturated rings. The van der Waals surface area contributed by atoms with E-state index in [1.807, 2.05) is 6.07 Å². The molecule has 6 atom stereocenters. The first-order chi connectivity index (χ1) is 21.4. The number of ether oxygens (including phenoxy) is 2. The first-order valence-corrected chi connectivity index (χ1v) is 16.0. The number of rotatable bonds is 7. The summed E-state index contributed by atoms with van der Waals surface area (Å²) in [7, 11) is 2.79. The Hall–Kier alpha value is -3.90. The van der Waals surface area contributed by atoms with Crippen LogP contribution in [-0.4, -0.2) is 53.0 Å². The number of hydrogen-bond acceptors (Lipinski definition) is 10. The van der Waals surface area contributed by atoms with Crippen LogP contribution in [0.15, 0.2) is 53.1 Å². The molecule has 0 spiro atoms. The minimum atomic E-state index is -1.25. The molecule has 1 aliphatic carbocycles. The van der Waals surface area contributed by atoms with Crippen molar-refractivity contribution in [2.24, 2.45) is 23.2 Å². The zero-order valence-electron chi connectivity index (χ0n) is 26.1. The normalized spacial score (nSPS) is 28.0. The number of anilines is 1. The van der Waals surface area contributed by atoms with Crippen molar-refractivity contribution >= 4 is 40.7 Å². The van der Waals surface area contributed by atoms with Gasteiger partial charge < -0.3 is 9.47 Å². The summed E-state index contributed by atoms with van der Waals surface area (Å²) in [6.45, 7) is 8.14. The van der Waals surface area contributed by atoms with Crippen molar-refractivity contribution in [1.29, 1.82) is 0 Å². The summed E-state index contributed by atoms with van der Waals surface area (Å²) in [6, 6.07) is 10.5. The van der Waals surface area contributed by atoms with Gasteiger partial charge in [0.15, 0.2) is 23.4 Å². The molecule has 3 aliphatic heterocycles. The summed E-state index contributed by atoms with van der Waals surface area (Å²) < 4.78 is 10.8. The molecule has 45 heavy (non-hydrogen) atoms. The van der Waals surface area contributed by atoms with Crippen LogP contribution in [0.2, 0.25) is 0 Å². The van der Waals surface area contributed by atoms with Gasteiger partial charge in [-0.3, -0.25) is 29.3 Å². The van der Waals surface area contributed by atoms with E-state index in [1.54, 1.807) is 24.3 Å². The van der Waals surface area contributed by atoms with Gasteiger partial charge in [-0.2, -0.15) is 0 Å². The van der Waals surface area contributed by atoms with Crippen molar-refractivity contribution in [3.8, 4) is 11.5 Å². The average molecular weight is 636 g/mol. The monoisotopic (exact) mass is 635 g/mol. The summed E-state index contributed by atoms with van der Waals surface area (Å²) in [5.41, 5.74) is 0.967. The van der Waals surface area contributed by atoms with Gasteiger partial charge in [-0.25, -0.2) is 9.96 Å². The van der Waals surface area contributed by atoms with Crippen LogP contribution in [0.3, 0.4) is 0 Å². The highest BCUT2D eigenvalue weighted by atomic mass is 32.2. The van der Waals surface area contributed by atoms with E-state index in [1.165, 1.54) is 50.1 Å². The molecular formula is C33H37N3O8S. The second kappa shape index (κ2) is 11.5. The van der Waals surface area contributed by atoms with Gasteiger partial charge in [0, 0.05) is 16.7 Å². The van der Waals surface area contributed by atoms with E-state index in [-0.39, 0.29) is 45.1 Å². The fourth-order valence-electron chi connectivity index (χ4n) is 7.33. The third kappa shape index (κ3) is 5.07. The van der Waals surface area contributed by atoms with Gasteiger partial charge in [-0.15, -0.1) is 11.8 Å². The van der Waals surface area contributed by atoms with Crippen molar-refractivity contribution in [2.45, 2.75) is 64.4 Å². The van der Waals surface area contributed by atoms with Crippen molar-refractivity contribution in [1.82, 2.24) is 4.90 Å². The number of fused-ring (bicyclic) bond motifs is 2. The molecule has 0 unspecified atom stereocenters. The van der Waals surface area contributed by atoms with Gasteiger partial charge in [0.25, 0.3) is 11.6 Å². The second-order valence-electron chi connectivity index (χ2n) is 13.1. The number of nitrogens with zero attached hydrogens (tertiary/aromatic N) is 3. The van der Waals surface area contributed by atoms with E-state index >= 15 is 0 Å². The predicted molar refractivity (Wildman–Crippen MR) is 167 cm³/mol. The number of Topliss-reactive ketones (excluding diaryl/α,β-unsaturated/α-hetero) is 1. The number of para-hydroxylation sites is 1. The van der Waals surface area contributed by atoms with Crippen LogP contribution >= 0.6 is 11.8 Å². The molecule has 238 valence electrons. The van der Waals surface area contributed by atoms with Crippen LogP contribution in [0.4, 0.5) is 11.4 Å². The van der Waals surface area contributed by atoms with Gasteiger partial charge in [0.05, 0.1) is 41.5 Å². The molecule has 6 rings (SSSR count). The Morgan fingerprint density at radius 3 is 2.31 bits per heavy atom. The molecule has 0 bridgehead atoms. The number of ketones is 1. The Bertz CT molecular complexity index is 1600. The molecule has 2 aromatic rings. The van der Waals surface area contributed by atoms with E-state index in [4.69, 9.17) is 14.3 Å². The summed E-state index contributed by atoms with van der Waals surface area (Å²) in [6.07, 6.45) is 1.39. The largest absolute Gasteiger partial charge is 0.493 e. The van der Waals surface area contributed by atoms with E-state index in [0.29, 0.717) is 22.2 Å². The average Bonchev–Trinajstić information content (AvgIpc) is 3.65. The molecule has 2 aromatic carbocycles. The predicted octanol–water partition coefficient (Wildman–Crippen LogP) is 5.84. The molecular weight excluding hydrogens is 598 g/mol. The smallest absolute Gasteiger partial charge is 0.278 e. The minimum Gasteiger partial charge on any atom is -0.493 e. The maximum Gasteiger partial charge on any atom is 0.278 e. The number of allylic oxidation sites excluding steroid dienone is 1. The standard InChI is InChI=1S/C33H37N3O8S/c1-17(37)26-20-13-12-18(33(2,3)4)14-25(20)45-32(26)34-30(38)27-28(21-15-23(42-5)24(43-6)16-22(21)36(40)41)35(44-29(27)31(34)39)19-10-8-7-9-11-19/h7-11,15-16,18,20,25,27-29H,12-14H2,1-6H3/t18-,20-,25+,27+,28-,29-/m0/s1. The number of hydroxylamine groups is 1. The Morgan fingerprint density at radius 2 is 1.71 bits per heavy atom. The number of benzene rings is 2. The number of carbonyl (C=O) groups is 3. The highest BCUT2D eigenvalue weighted by Crippen LogP contribution is 2.57. The second-order valence-corrected chi connectivity index (χ2v) is 14.3. The zero-order valence-corrected chi connectivity index (χ0v) is 27.0. The van der Waals surface area contributed by atoms with E-state index in [9.17, 15) is 24.5 Å². The summed E-state index contributed by atoms with van der Waals surface area (Å²) in [5.74, 6) is -1.63. The molecule has 0 aromatic heterocycles. The van der Waals surface area contributed by atoms with Crippen LogP contribution in [0.1, 0.15) is 58.6 Å². The minimum absolute atomic E-state index is 0.0494. The topological polar surface area (TPSA) is 129 Å². The zero-order chi connectivity index (χ0) is 32.4. The third-order valence-electron chi connectivity index (χ3n) is 9.64. The fourth-order valence-corrected chi connectivity index (χ4v) is 9.09. The van der Waals surface area contributed by atoms with Gasteiger partial charge >= 0.3 is 0 Å². The van der Waals surface area contributed by atoms with Crippen LogP contribution in [-0.2, 0) is 19.2 Å². The molecule has 12 heteroatoms. The lowest BCUT2D eigenvalue weighted by Gasteiger charge is -2.39. The quantitative estimate of drug-likeness (QED) is 0.208. The molecule has 2 saturated heterocycles. The van der Waals surface area contributed by atoms with Crippen LogP contribution < -0.4 is 14.5 Å².